The third kappa shape index (κ3) is 3.42. The number of benzene rings is 1. The van der Waals surface area contributed by atoms with Crippen LogP contribution in [-0.4, -0.2) is 17.3 Å². The van der Waals surface area contributed by atoms with Gasteiger partial charge in [-0.2, -0.15) is 0 Å². The van der Waals surface area contributed by atoms with E-state index in [4.69, 9.17) is 0 Å². The van der Waals surface area contributed by atoms with Gasteiger partial charge in [0.2, 0.25) is 0 Å². The number of hydrogen-bond acceptors (Lipinski definition) is 2. The van der Waals surface area contributed by atoms with Gasteiger partial charge in [-0.05, 0) is 48.8 Å². The molecule has 0 aromatic heterocycles. The number of nitrogens with one attached hydrogen (secondary N) is 1. The molecule has 1 unspecified atom stereocenters. The van der Waals surface area contributed by atoms with E-state index < -0.39 is 5.60 Å². The van der Waals surface area contributed by atoms with Crippen LogP contribution in [0.25, 0.3) is 0 Å². The average Bonchev–Trinajstić information content (AvgIpc) is 2.36. The summed E-state index contributed by atoms with van der Waals surface area (Å²) in [6.07, 6.45) is 2.75. The molecule has 2 heteroatoms. The summed E-state index contributed by atoms with van der Waals surface area (Å²) in [4.78, 5) is 0. The van der Waals surface area contributed by atoms with Crippen LogP contribution in [0.4, 0.5) is 0 Å². The molecule has 1 aliphatic rings. The summed E-state index contributed by atoms with van der Waals surface area (Å²) >= 11 is 0. The zero-order valence-electron chi connectivity index (χ0n) is 13.3. The number of hydrogen-bond donors (Lipinski definition) is 2. The highest BCUT2D eigenvalue weighted by Crippen LogP contribution is 2.39. The Bertz CT molecular complexity index is 429. The molecule has 0 bridgehead atoms. The second kappa shape index (κ2) is 6.28. The molecule has 0 spiro atoms. The van der Waals surface area contributed by atoms with E-state index in [0.717, 1.165) is 25.8 Å². The van der Waals surface area contributed by atoms with Crippen molar-refractivity contribution in [2.75, 3.05) is 6.54 Å². The van der Waals surface area contributed by atoms with Crippen molar-refractivity contribution < 1.29 is 5.11 Å². The van der Waals surface area contributed by atoms with Crippen LogP contribution in [0.5, 0.6) is 0 Å². The first kappa shape index (κ1) is 15.5. The van der Waals surface area contributed by atoms with Gasteiger partial charge in [0.15, 0.2) is 0 Å². The normalized spacial score (nSPS) is 19.4. The Hall–Kier alpha value is -0.860. The van der Waals surface area contributed by atoms with E-state index in [2.05, 4.69) is 57.3 Å². The quantitative estimate of drug-likeness (QED) is 0.859. The number of aliphatic hydroxyl groups is 1. The lowest BCUT2D eigenvalue weighted by Gasteiger charge is -2.42. The van der Waals surface area contributed by atoms with Gasteiger partial charge in [0, 0.05) is 0 Å². The van der Waals surface area contributed by atoms with E-state index in [0.29, 0.717) is 11.8 Å². The molecule has 2 N–H and O–H groups in total. The van der Waals surface area contributed by atoms with E-state index in [9.17, 15) is 5.11 Å². The van der Waals surface area contributed by atoms with Crippen molar-refractivity contribution in [2.24, 2.45) is 11.8 Å². The topological polar surface area (TPSA) is 32.3 Å². The van der Waals surface area contributed by atoms with Gasteiger partial charge in [-0.25, -0.2) is 0 Å². The van der Waals surface area contributed by atoms with E-state index in [1.165, 1.54) is 11.1 Å². The second-order valence-electron chi connectivity index (χ2n) is 7.14. The highest BCUT2D eigenvalue weighted by atomic mass is 16.3. The molecule has 0 aliphatic carbocycles. The first-order chi connectivity index (χ1) is 9.42. The van der Waals surface area contributed by atoms with Crippen LogP contribution in [0.3, 0.4) is 0 Å². The lowest BCUT2D eigenvalue weighted by atomic mass is 9.74. The molecule has 2 nitrogen and oxygen atoms in total. The van der Waals surface area contributed by atoms with Gasteiger partial charge >= 0.3 is 0 Å². The van der Waals surface area contributed by atoms with Crippen LogP contribution in [-0.2, 0) is 6.42 Å². The van der Waals surface area contributed by atoms with Gasteiger partial charge in [0.05, 0.1) is 11.6 Å². The average molecular weight is 275 g/mol. The maximum Gasteiger partial charge on any atom is 0.0846 e. The number of fused-ring (bicyclic) bond motifs is 1. The Morgan fingerprint density at radius 1 is 1.15 bits per heavy atom. The minimum Gasteiger partial charge on any atom is -0.388 e. The fourth-order valence-electron chi connectivity index (χ4n) is 3.72. The summed E-state index contributed by atoms with van der Waals surface area (Å²) in [5.74, 6) is 0.990. The molecule has 2 rings (SSSR count). The van der Waals surface area contributed by atoms with E-state index >= 15 is 0 Å². The van der Waals surface area contributed by atoms with Crippen LogP contribution >= 0.6 is 0 Å². The molecular formula is C18H29NO. The molecule has 1 aromatic rings. The Morgan fingerprint density at radius 3 is 2.35 bits per heavy atom. The highest BCUT2D eigenvalue weighted by molar-refractivity contribution is 5.34. The Balaban J connectivity index is 2.34. The fraction of sp³-hybridized carbons (Fsp3) is 0.667. The number of rotatable bonds is 5. The smallest absolute Gasteiger partial charge is 0.0846 e. The summed E-state index contributed by atoms with van der Waals surface area (Å²) in [6, 6.07) is 8.64. The second-order valence-corrected chi connectivity index (χ2v) is 7.14. The van der Waals surface area contributed by atoms with Crippen molar-refractivity contribution in [1.82, 2.24) is 5.32 Å². The molecule has 0 saturated carbocycles. The summed E-state index contributed by atoms with van der Waals surface area (Å²) < 4.78 is 0. The van der Waals surface area contributed by atoms with Crippen LogP contribution in [0, 0.1) is 11.8 Å². The van der Waals surface area contributed by atoms with Gasteiger partial charge in [0.1, 0.15) is 0 Å². The molecule has 1 heterocycles. The van der Waals surface area contributed by atoms with Crippen molar-refractivity contribution in [3.63, 3.8) is 0 Å². The third-order valence-corrected chi connectivity index (χ3v) is 4.17. The SMILES string of the molecule is CC(C)CC(O)(CC(C)C)C1NCCc2ccccc21. The Morgan fingerprint density at radius 2 is 1.75 bits per heavy atom. The van der Waals surface area contributed by atoms with Gasteiger partial charge in [0.25, 0.3) is 0 Å². The predicted octanol–water partition coefficient (Wildman–Crippen LogP) is 3.70. The van der Waals surface area contributed by atoms with Gasteiger partial charge < -0.3 is 10.4 Å². The zero-order chi connectivity index (χ0) is 14.8. The summed E-state index contributed by atoms with van der Waals surface area (Å²) in [5.41, 5.74) is 2.03. The monoisotopic (exact) mass is 275 g/mol. The van der Waals surface area contributed by atoms with Crippen molar-refractivity contribution in [3.8, 4) is 0 Å². The molecule has 1 aliphatic heterocycles. The van der Waals surface area contributed by atoms with Gasteiger partial charge in [-0.3, -0.25) is 0 Å². The van der Waals surface area contributed by atoms with Crippen LogP contribution < -0.4 is 5.32 Å². The van der Waals surface area contributed by atoms with Crippen LogP contribution in [0.15, 0.2) is 24.3 Å². The molecule has 20 heavy (non-hydrogen) atoms. The van der Waals surface area contributed by atoms with Crippen LogP contribution in [0.1, 0.15) is 57.7 Å². The van der Waals surface area contributed by atoms with Crippen molar-refractivity contribution >= 4 is 0 Å². The molecule has 1 aromatic carbocycles. The lowest BCUT2D eigenvalue weighted by molar-refractivity contribution is -0.0365. The molecule has 0 radical (unpaired) electrons. The van der Waals surface area contributed by atoms with Crippen molar-refractivity contribution in [2.45, 2.75) is 58.6 Å². The van der Waals surface area contributed by atoms with E-state index in [1.807, 2.05) is 0 Å². The van der Waals surface area contributed by atoms with Gasteiger partial charge in [-0.1, -0.05) is 52.0 Å². The molecule has 0 saturated heterocycles. The first-order valence-corrected chi connectivity index (χ1v) is 7.96. The minimum atomic E-state index is -0.654. The molecule has 0 fully saturated rings. The zero-order valence-corrected chi connectivity index (χ0v) is 13.3. The molecule has 0 amide bonds. The van der Waals surface area contributed by atoms with Crippen LogP contribution in [0.2, 0.25) is 0 Å². The molecular weight excluding hydrogens is 246 g/mol. The Kier molecular flexibility index (Phi) is 4.87. The Labute approximate surface area is 123 Å². The predicted molar refractivity (Wildman–Crippen MR) is 84.7 cm³/mol. The largest absolute Gasteiger partial charge is 0.388 e. The fourth-order valence-corrected chi connectivity index (χ4v) is 3.72. The third-order valence-electron chi connectivity index (χ3n) is 4.17. The van der Waals surface area contributed by atoms with Gasteiger partial charge in [-0.15, -0.1) is 0 Å². The lowest BCUT2D eigenvalue weighted by Crippen LogP contribution is -2.48. The summed E-state index contributed by atoms with van der Waals surface area (Å²) in [7, 11) is 0. The summed E-state index contributed by atoms with van der Waals surface area (Å²) in [5, 5.41) is 14.9. The standard InChI is InChI=1S/C18H29NO/c1-13(2)11-18(20,12-14(3)4)17-16-8-6-5-7-15(16)9-10-19-17/h5-8,13-14,17,19-20H,9-12H2,1-4H3. The highest BCUT2D eigenvalue weighted by Gasteiger charge is 2.40. The first-order valence-electron chi connectivity index (χ1n) is 7.96. The maximum absolute atomic E-state index is 11.4. The van der Waals surface area contributed by atoms with E-state index in [1.54, 1.807) is 0 Å². The maximum atomic E-state index is 11.4. The van der Waals surface area contributed by atoms with Crippen molar-refractivity contribution in [1.29, 1.82) is 0 Å². The molecule has 1 atom stereocenters. The minimum absolute atomic E-state index is 0.0669. The summed E-state index contributed by atoms with van der Waals surface area (Å²) in [6.45, 7) is 9.74. The van der Waals surface area contributed by atoms with E-state index in [-0.39, 0.29) is 6.04 Å². The molecule has 112 valence electrons. The van der Waals surface area contributed by atoms with Crippen molar-refractivity contribution in [3.05, 3.63) is 35.4 Å².